The summed E-state index contributed by atoms with van der Waals surface area (Å²) in [6.07, 6.45) is 1.51. The highest BCUT2D eigenvalue weighted by Gasteiger charge is 2.34. The lowest BCUT2D eigenvalue weighted by Gasteiger charge is -2.09. The highest BCUT2D eigenvalue weighted by molar-refractivity contribution is 5.56. The molecular weight excluding hydrogens is 278 g/mol. The summed E-state index contributed by atoms with van der Waals surface area (Å²) in [4.78, 5) is 20.7. The van der Waals surface area contributed by atoms with Crippen LogP contribution in [0.1, 0.15) is 13.8 Å². The zero-order valence-corrected chi connectivity index (χ0v) is 13.0. The molecule has 116 valence electrons. The number of aromatic amines is 1. The lowest BCUT2D eigenvalue weighted by Crippen LogP contribution is -2.14. The summed E-state index contributed by atoms with van der Waals surface area (Å²) in [7, 11) is 0. The molecule has 5 nitrogen and oxygen atoms in total. The second-order valence-corrected chi connectivity index (χ2v) is 6.12. The molecule has 1 N–H and O–H groups in total. The predicted molar refractivity (Wildman–Crippen MR) is 86.0 cm³/mol. The lowest BCUT2D eigenvalue weighted by atomic mass is 10.2. The third-order valence-electron chi connectivity index (χ3n) is 3.65. The van der Waals surface area contributed by atoms with Crippen LogP contribution in [-0.4, -0.2) is 40.6 Å². The Bertz CT molecular complexity index is 696. The van der Waals surface area contributed by atoms with Crippen LogP contribution < -0.4 is 10.3 Å². The number of ether oxygens (including phenoxy) is 1. The molecule has 2 aromatic rings. The highest BCUT2D eigenvalue weighted by atomic mass is 16.5. The van der Waals surface area contributed by atoms with E-state index < -0.39 is 0 Å². The van der Waals surface area contributed by atoms with Crippen molar-refractivity contribution >= 4 is 0 Å². The Morgan fingerprint density at radius 1 is 1.41 bits per heavy atom. The summed E-state index contributed by atoms with van der Waals surface area (Å²) < 4.78 is 5.87. The average molecular weight is 299 g/mol. The van der Waals surface area contributed by atoms with Crippen LogP contribution in [0, 0.1) is 5.92 Å². The van der Waals surface area contributed by atoms with Gasteiger partial charge in [0.25, 0.3) is 5.56 Å². The molecule has 2 atom stereocenters. The Morgan fingerprint density at radius 3 is 3.05 bits per heavy atom. The minimum absolute atomic E-state index is 0.154. The van der Waals surface area contributed by atoms with Gasteiger partial charge in [0, 0.05) is 30.9 Å². The van der Waals surface area contributed by atoms with Crippen LogP contribution in [0.3, 0.4) is 0 Å². The molecule has 5 heteroatoms. The van der Waals surface area contributed by atoms with E-state index in [0.29, 0.717) is 24.4 Å². The predicted octanol–water partition coefficient (Wildman–Crippen LogP) is 2.16. The monoisotopic (exact) mass is 299 g/mol. The molecule has 0 aliphatic carbocycles. The fourth-order valence-electron chi connectivity index (χ4n) is 2.52. The fraction of sp³-hybridized carbons (Fsp3) is 0.412. The number of H-pyrrole nitrogens is 1. The van der Waals surface area contributed by atoms with Crippen molar-refractivity contribution in [3.63, 3.8) is 0 Å². The van der Waals surface area contributed by atoms with Crippen molar-refractivity contribution in [2.75, 3.05) is 19.7 Å². The number of nitrogens with zero attached hydrogens (tertiary/aromatic N) is 2. The van der Waals surface area contributed by atoms with Gasteiger partial charge in [0.15, 0.2) is 0 Å². The molecule has 22 heavy (non-hydrogen) atoms. The van der Waals surface area contributed by atoms with Crippen LogP contribution in [-0.2, 0) is 0 Å². The molecule has 1 aliphatic heterocycles. The molecule has 1 aromatic heterocycles. The third-order valence-corrected chi connectivity index (χ3v) is 3.65. The first-order valence-corrected chi connectivity index (χ1v) is 7.64. The van der Waals surface area contributed by atoms with Crippen molar-refractivity contribution in [2.45, 2.75) is 19.9 Å². The number of hydrogen-bond acceptors (Lipinski definition) is 4. The van der Waals surface area contributed by atoms with Crippen molar-refractivity contribution < 1.29 is 4.74 Å². The maximum atomic E-state index is 11.4. The zero-order valence-electron chi connectivity index (χ0n) is 13.0. The summed E-state index contributed by atoms with van der Waals surface area (Å²) in [6.45, 7) is 7.41. The smallest absolute Gasteiger partial charge is 0.251 e. The van der Waals surface area contributed by atoms with Crippen molar-refractivity contribution in [3.8, 4) is 17.1 Å². The molecular formula is C17H21N3O2. The van der Waals surface area contributed by atoms with E-state index in [1.54, 1.807) is 0 Å². The first-order valence-electron chi connectivity index (χ1n) is 7.64. The SMILES string of the molecule is CC(C)CN1CC1COc1cccc(-c2nccc(=O)[nH]2)c1. The average Bonchev–Trinajstić information content (AvgIpc) is 3.23. The molecule has 1 fully saturated rings. The van der Waals surface area contributed by atoms with E-state index in [9.17, 15) is 4.79 Å². The van der Waals surface area contributed by atoms with Gasteiger partial charge in [-0.2, -0.15) is 0 Å². The molecule has 2 unspecified atom stereocenters. The minimum Gasteiger partial charge on any atom is -0.492 e. The topological polar surface area (TPSA) is 58.0 Å². The Morgan fingerprint density at radius 2 is 2.27 bits per heavy atom. The first-order chi connectivity index (χ1) is 10.6. The van der Waals surface area contributed by atoms with Gasteiger partial charge < -0.3 is 9.72 Å². The van der Waals surface area contributed by atoms with E-state index in [0.717, 1.165) is 24.4 Å². The van der Waals surface area contributed by atoms with Gasteiger partial charge in [0.2, 0.25) is 0 Å². The molecule has 3 rings (SSSR count). The second kappa shape index (κ2) is 6.32. The van der Waals surface area contributed by atoms with Crippen molar-refractivity contribution in [1.29, 1.82) is 0 Å². The van der Waals surface area contributed by atoms with Gasteiger partial charge in [0.05, 0.1) is 6.04 Å². The van der Waals surface area contributed by atoms with Crippen LogP contribution in [0.4, 0.5) is 0 Å². The molecule has 0 amide bonds. The van der Waals surface area contributed by atoms with E-state index in [4.69, 9.17) is 4.74 Å². The van der Waals surface area contributed by atoms with Crippen LogP contribution in [0.2, 0.25) is 0 Å². The number of rotatable bonds is 6. The van der Waals surface area contributed by atoms with E-state index in [-0.39, 0.29) is 5.56 Å². The Balaban J connectivity index is 1.62. The first kappa shape index (κ1) is 14.8. The maximum absolute atomic E-state index is 11.4. The summed E-state index contributed by atoms with van der Waals surface area (Å²) in [6, 6.07) is 9.60. The van der Waals surface area contributed by atoms with Crippen molar-refractivity contribution in [1.82, 2.24) is 14.9 Å². The Hall–Kier alpha value is -2.14. The van der Waals surface area contributed by atoms with Crippen LogP contribution in [0.25, 0.3) is 11.4 Å². The van der Waals surface area contributed by atoms with Gasteiger partial charge in [0.1, 0.15) is 18.2 Å². The van der Waals surface area contributed by atoms with Gasteiger partial charge in [-0.3, -0.25) is 9.69 Å². The molecule has 2 heterocycles. The number of hydrogen-bond donors (Lipinski definition) is 1. The van der Waals surface area contributed by atoms with Crippen molar-refractivity contribution in [3.05, 3.63) is 46.9 Å². The third kappa shape index (κ3) is 3.74. The molecule has 0 bridgehead atoms. The van der Waals surface area contributed by atoms with E-state index in [1.165, 1.54) is 12.3 Å². The van der Waals surface area contributed by atoms with Crippen molar-refractivity contribution in [2.24, 2.45) is 5.92 Å². The van der Waals surface area contributed by atoms with Gasteiger partial charge >= 0.3 is 0 Å². The molecule has 1 aliphatic rings. The number of benzene rings is 1. The van der Waals surface area contributed by atoms with Crippen LogP contribution in [0.5, 0.6) is 5.75 Å². The fourth-order valence-corrected chi connectivity index (χ4v) is 2.52. The summed E-state index contributed by atoms with van der Waals surface area (Å²) >= 11 is 0. The highest BCUT2D eigenvalue weighted by Crippen LogP contribution is 2.23. The van der Waals surface area contributed by atoms with Gasteiger partial charge in [-0.25, -0.2) is 4.98 Å². The summed E-state index contributed by atoms with van der Waals surface area (Å²) in [5.74, 6) is 2.06. The van der Waals surface area contributed by atoms with E-state index in [1.807, 2.05) is 24.3 Å². The molecule has 0 spiro atoms. The quantitative estimate of drug-likeness (QED) is 0.830. The lowest BCUT2D eigenvalue weighted by molar-refractivity contribution is 0.287. The van der Waals surface area contributed by atoms with E-state index >= 15 is 0 Å². The number of nitrogens with one attached hydrogen (secondary N) is 1. The molecule has 0 saturated carbocycles. The number of aromatic nitrogens is 2. The van der Waals surface area contributed by atoms with Crippen LogP contribution in [0.15, 0.2) is 41.3 Å². The normalized spacial score (nSPS) is 20.1. The maximum Gasteiger partial charge on any atom is 0.251 e. The van der Waals surface area contributed by atoms with E-state index in [2.05, 4.69) is 28.7 Å². The Labute approximate surface area is 130 Å². The van der Waals surface area contributed by atoms with Gasteiger partial charge in [-0.05, 0) is 18.1 Å². The summed E-state index contributed by atoms with van der Waals surface area (Å²) in [5, 5.41) is 0. The minimum atomic E-state index is -0.154. The van der Waals surface area contributed by atoms with Gasteiger partial charge in [-0.1, -0.05) is 26.0 Å². The largest absolute Gasteiger partial charge is 0.492 e. The van der Waals surface area contributed by atoms with Crippen LogP contribution >= 0.6 is 0 Å². The standard InChI is InChI=1S/C17H21N3O2/c1-12(2)9-20-10-14(20)11-22-15-5-3-4-13(8-15)17-18-7-6-16(21)19-17/h3-8,12,14H,9-11H2,1-2H3,(H,18,19,21). The van der Waals surface area contributed by atoms with Gasteiger partial charge in [-0.15, -0.1) is 0 Å². The molecule has 1 saturated heterocycles. The molecule has 0 radical (unpaired) electrons. The Kier molecular flexibility index (Phi) is 4.24. The summed E-state index contributed by atoms with van der Waals surface area (Å²) in [5.41, 5.74) is 0.698. The zero-order chi connectivity index (χ0) is 15.5. The molecule has 1 aromatic carbocycles. The second-order valence-electron chi connectivity index (χ2n) is 6.12.